The highest BCUT2D eigenvalue weighted by atomic mass is 14.9. The largest absolute Gasteiger partial charge is 0.303 e. The van der Waals surface area contributed by atoms with Crippen molar-refractivity contribution in [3.8, 4) is 0 Å². The van der Waals surface area contributed by atoms with Crippen molar-refractivity contribution in [2.45, 2.75) is 26.2 Å². The highest BCUT2D eigenvalue weighted by Gasteiger charge is 1.81. The molecule has 0 unspecified atom stereocenters. The van der Waals surface area contributed by atoms with E-state index in [2.05, 4.69) is 12.2 Å². The lowest BCUT2D eigenvalue weighted by Crippen LogP contribution is -2.16. The summed E-state index contributed by atoms with van der Waals surface area (Å²) in [5.41, 5.74) is 6.73. The van der Waals surface area contributed by atoms with E-state index >= 15 is 0 Å². The molecule has 49 valence electrons. The summed E-state index contributed by atoms with van der Waals surface area (Å²) in [6.45, 7) is 3.56. The van der Waals surface area contributed by atoms with E-state index in [1.165, 1.54) is 19.3 Å². The van der Waals surface area contributed by atoms with Crippen molar-refractivity contribution in [1.29, 1.82) is 0 Å². The van der Waals surface area contributed by atoms with Gasteiger partial charge in [0, 0.05) is 0 Å². The zero-order valence-corrected chi connectivity index (χ0v) is 5.54. The lowest BCUT2D eigenvalue weighted by molar-refractivity contribution is 0.620. The SMILES string of the molecule is CCCCCNC[NH]. The van der Waals surface area contributed by atoms with Crippen LogP contribution in [0.1, 0.15) is 26.2 Å². The topological polar surface area (TPSA) is 35.8 Å². The van der Waals surface area contributed by atoms with Crippen LogP contribution in [-0.2, 0) is 0 Å². The zero-order chi connectivity index (χ0) is 6.24. The molecule has 0 atom stereocenters. The fraction of sp³-hybridized carbons (Fsp3) is 1.00. The minimum Gasteiger partial charge on any atom is -0.303 e. The second kappa shape index (κ2) is 6.92. The fourth-order valence-corrected chi connectivity index (χ4v) is 0.588. The Labute approximate surface area is 51.5 Å². The van der Waals surface area contributed by atoms with Gasteiger partial charge >= 0.3 is 0 Å². The number of hydrogen-bond acceptors (Lipinski definition) is 1. The first-order valence-electron chi connectivity index (χ1n) is 3.27. The molecule has 0 saturated carbocycles. The van der Waals surface area contributed by atoms with Gasteiger partial charge in [0.1, 0.15) is 0 Å². The van der Waals surface area contributed by atoms with Crippen molar-refractivity contribution in [2.24, 2.45) is 0 Å². The molecule has 0 saturated heterocycles. The van der Waals surface area contributed by atoms with Gasteiger partial charge in [0.25, 0.3) is 0 Å². The molecule has 2 nitrogen and oxygen atoms in total. The van der Waals surface area contributed by atoms with Crippen molar-refractivity contribution in [1.82, 2.24) is 11.1 Å². The van der Waals surface area contributed by atoms with Gasteiger partial charge in [-0.1, -0.05) is 19.8 Å². The van der Waals surface area contributed by atoms with Crippen LogP contribution in [0.3, 0.4) is 0 Å². The highest BCUT2D eigenvalue weighted by molar-refractivity contribution is 4.41. The standard InChI is InChI=1S/C6H15N2/c1-2-3-4-5-8-6-7/h7-8H,2-6H2,1H3. The van der Waals surface area contributed by atoms with Crippen LogP contribution in [0, 0.1) is 0 Å². The van der Waals surface area contributed by atoms with Crippen LogP contribution in [-0.4, -0.2) is 13.2 Å². The monoisotopic (exact) mass is 115 g/mol. The molecule has 0 rings (SSSR count). The van der Waals surface area contributed by atoms with Crippen LogP contribution >= 0.6 is 0 Å². The summed E-state index contributed by atoms with van der Waals surface area (Å²) in [7, 11) is 0. The Morgan fingerprint density at radius 1 is 1.38 bits per heavy atom. The molecule has 8 heavy (non-hydrogen) atoms. The molecule has 1 radical (unpaired) electrons. The Balaban J connectivity index is 2.53. The molecular weight excluding hydrogens is 100 g/mol. The molecule has 0 aromatic carbocycles. The Hall–Kier alpha value is -0.0800. The highest BCUT2D eigenvalue weighted by Crippen LogP contribution is 1.89. The predicted molar refractivity (Wildman–Crippen MR) is 35.5 cm³/mol. The summed E-state index contributed by atoms with van der Waals surface area (Å²) in [5, 5.41) is 2.95. The first-order valence-corrected chi connectivity index (χ1v) is 3.27. The fourth-order valence-electron chi connectivity index (χ4n) is 0.588. The van der Waals surface area contributed by atoms with Crippen LogP contribution < -0.4 is 11.1 Å². The summed E-state index contributed by atoms with van der Waals surface area (Å²) in [4.78, 5) is 0. The lowest BCUT2D eigenvalue weighted by Gasteiger charge is -1.96. The van der Waals surface area contributed by atoms with Crippen molar-refractivity contribution < 1.29 is 0 Å². The summed E-state index contributed by atoms with van der Waals surface area (Å²) < 4.78 is 0. The van der Waals surface area contributed by atoms with Gasteiger partial charge in [0.15, 0.2) is 0 Å². The average molecular weight is 115 g/mol. The molecule has 0 spiro atoms. The Bertz CT molecular complexity index is 31.5. The molecule has 0 bridgehead atoms. The van der Waals surface area contributed by atoms with E-state index in [0.717, 1.165) is 6.54 Å². The van der Waals surface area contributed by atoms with Crippen LogP contribution in [0.25, 0.3) is 0 Å². The Kier molecular flexibility index (Phi) is 6.85. The molecule has 0 fully saturated rings. The maximum atomic E-state index is 6.73. The number of nitrogens with one attached hydrogen (secondary N) is 2. The summed E-state index contributed by atoms with van der Waals surface area (Å²) in [5.74, 6) is 0. The first-order chi connectivity index (χ1) is 3.91. The molecule has 0 aliphatic heterocycles. The summed E-state index contributed by atoms with van der Waals surface area (Å²) >= 11 is 0. The number of rotatable bonds is 5. The van der Waals surface area contributed by atoms with Gasteiger partial charge in [0.2, 0.25) is 0 Å². The summed E-state index contributed by atoms with van der Waals surface area (Å²) in [6.07, 6.45) is 3.77. The van der Waals surface area contributed by atoms with E-state index in [1.54, 1.807) is 0 Å². The zero-order valence-electron chi connectivity index (χ0n) is 5.54. The molecule has 0 aliphatic rings. The van der Waals surface area contributed by atoms with Crippen molar-refractivity contribution in [3.05, 3.63) is 0 Å². The average Bonchev–Trinajstić information content (AvgIpc) is 1.81. The Morgan fingerprint density at radius 2 is 2.12 bits per heavy atom. The van der Waals surface area contributed by atoms with Crippen molar-refractivity contribution in [3.63, 3.8) is 0 Å². The molecule has 2 heteroatoms. The van der Waals surface area contributed by atoms with Crippen LogP contribution in [0.2, 0.25) is 0 Å². The normalized spacial score (nSPS) is 9.75. The van der Waals surface area contributed by atoms with E-state index in [9.17, 15) is 0 Å². The molecule has 0 aliphatic carbocycles. The first kappa shape index (κ1) is 7.92. The van der Waals surface area contributed by atoms with Gasteiger partial charge in [-0.3, -0.25) is 0 Å². The van der Waals surface area contributed by atoms with Gasteiger partial charge in [-0.15, -0.1) is 0 Å². The number of unbranched alkanes of at least 4 members (excludes halogenated alkanes) is 2. The van der Waals surface area contributed by atoms with Gasteiger partial charge in [0.05, 0.1) is 6.67 Å². The Morgan fingerprint density at radius 3 is 2.62 bits per heavy atom. The third-order valence-corrected chi connectivity index (χ3v) is 1.08. The van der Waals surface area contributed by atoms with E-state index < -0.39 is 0 Å². The van der Waals surface area contributed by atoms with E-state index in [1.807, 2.05) is 0 Å². The maximum Gasteiger partial charge on any atom is 0.0590 e. The van der Waals surface area contributed by atoms with E-state index in [0.29, 0.717) is 6.67 Å². The minimum atomic E-state index is 0.365. The minimum absolute atomic E-state index is 0.365. The molecule has 2 N–H and O–H groups in total. The smallest absolute Gasteiger partial charge is 0.0590 e. The molecule has 0 aromatic rings. The second-order valence-corrected chi connectivity index (χ2v) is 1.88. The van der Waals surface area contributed by atoms with Gasteiger partial charge in [-0.05, 0) is 13.0 Å². The van der Waals surface area contributed by atoms with Crippen LogP contribution in [0.4, 0.5) is 0 Å². The number of hydrogen-bond donors (Lipinski definition) is 1. The van der Waals surface area contributed by atoms with E-state index in [4.69, 9.17) is 5.73 Å². The molecular formula is C6H15N2. The predicted octanol–water partition coefficient (Wildman–Crippen LogP) is 1.01. The molecule has 0 aromatic heterocycles. The third kappa shape index (κ3) is 5.92. The molecule has 0 heterocycles. The lowest BCUT2D eigenvalue weighted by atomic mass is 10.2. The van der Waals surface area contributed by atoms with Gasteiger partial charge in [-0.2, -0.15) is 0 Å². The second-order valence-electron chi connectivity index (χ2n) is 1.88. The third-order valence-electron chi connectivity index (χ3n) is 1.08. The summed E-state index contributed by atoms with van der Waals surface area (Å²) in [6, 6.07) is 0. The molecule has 0 amide bonds. The maximum absolute atomic E-state index is 6.73. The van der Waals surface area contributed by atoms with Crippen molar-refractivity contribution >= 4 is 0 Å². The van der Waals surface area contributed by atoms with Crippen molar-refractivity contribution in [2.75, 3.05) is 13.2 Å². The van der Waals surface area contributed by atoms with Crippen LogP contribution in [0.5, 0.6) is 0 Å². The van der Waals surface area contributed by atoms with Gasteiger partial charge in [-0.25, -0.2) is 5.73 Å². The van der Waals surface area contributed by atoms with Gasteiger partial charge < -0.3 is 5.32 Å². The van der Waals surface area contributed by atoms with E-state index in [-0.39, 0.29) is 0 Å². The van der Waals surface area contributed by atoms with Crippen LogP contribution in [0.15, 0.2) is 0 Å². The quantitative estimate of drug-likeness (QED) is 0.533.